The van der Waals surface area contributed by atoms with Crippen LogP contribution >= 0.6 is 0 Å². The summed E-state index contributed by atoms with van der Waals surface area (Å²) in [5, 5.41) is 2.57. The molecule has 0 saturated heterocycles. The van der Waals surface area contributed by atoms with E-state index in [2.05, 4.69) is 5.32 Å². The number of esters is 1. The predicted octanol–water partition coefficient (Wildman–Crippen LogP) is 2.99. The van der Waals surface area contributed by atoms with E-state index < -0.39 is 18.5 Å². The highest BCUT2D eigenvalue weighted by atomic mass is 16.5. The topological polar surface area (TPSA) is 85.6 Å². The van der Waals surface area contributed by atoms with Crippen LogP contribution in [0.2, 0.25) is 0 Å². The monoisotopic (exact) mass is 327 g/mol. The minimum Gasteiger partial charge on any atom is -0.462 e. The number of carbonyl (C=O) groups excluding carboxylic acids is 3. The van der Waals surface area contributed by atoms with Crippen LogP contribution in [0.15, 0.2) is 46.9 Å². The highest BCUT2D eigenvalue weighted by Gasteiger charge is 2.06. The Bertz CT molecular complexity index is 771. The van der Waals surface area contributed by atoms with Gasteiger partial charge in [-0.15, -0.1) is 0 Å². The molecule has 0 spiro atoms. The number of carbonyl (C=O) groups is 3. The molecule has 1 aromatic carbocycles. The smallest absolute Gasteiger partial charge is 0.331 e. The van der Waals surface area contributed by atoms with E-state index in [9.17, 15) is 14.4 Å². The maximum Gasteiger partial charge on any atom is 0.331 e. The Morgan fingerprint density at radius 2 is 1.83 bits per heavy atom. The normalized spacial score (nSPS) is 10.6. The highest BCUT2D eigenvalue weighted by molar-refractivity contribution is 5.96. The Hall–Kier alpha value is -3.15. The number of aryl methyl sites for hydroxylation is 1. The minimum atomic E-state index is -0.647. The number of ether oxygens (including phenoxy) is 1. The molecule has 0 radical (unpaired) electrons. The number of nitrogens with one attached hydrogen (secondary N) is 1. The number of hydrogen-bond acceptors (Lipinski definition) is 5. The van der Waals surface area contributed by atoms with Crippen LogP contribution in [-0.4, -0.2) is 24.3 Å². The Morgan fingerprint density at radius 3 is 2.42 bits per heavy atom. The Balaban J connectivity index is 1.79. The first kappa shape index (κ1) is 17.2. The molecular weight excluding hydrogens is 310 g/mol. The van der Waals surface area contributed by atoms with Crippen LogP contribution in [0, 0.1) is 6.92 Å². The zero-order chi connectivity index (χ0) is 17.5. The van der Waals surface area contributed by atoms with E-state index in [1.165, 1.54) is 19.1 Å². The van der Waals surface area contributed by atoms with Gasteiger partial charge in [0.1, 0.15) is 11.5 Å². The van der Waals surface area contributed by atoms with E-state index in [4.69, 9.17) is 9.15 Å². The molecule has 1 aromatic heterocycles. The maximum absolute atomic E-state index is 11.7. The first-order valence-electron chi connectivity index (χ1n) is 7.26. The third-order valence-corrected chi connectivity index (χ3v) is 3.07. The molecule has 0 unspecified atom stereocenters. The van der Waals surface area contributed by atoms with Gasteiger partial charge in [0.25, 0.3) is 5.91 Å². The van der Waals surface area contributed by atoms with E-state index in [1.54, 1.807) is 43.3 Å². The van der Waals surface area contributed by atoms with Crippen molar-refractivity contribution in [3.8, 4) is 0 Å². The Morgan fingerprint density at radius 1 is 1.12 bits per heavy atom. The number of Topliss-reactive ketones (excluding diaryl/α,β-unsaturated/α-hetero) is 1. The van der Waals surface area contributed by atoms with Crippen LogP contribution in [0.5, 0.6) is 0 Å². The van der Waals surface area contributed by atoms with E-state index in [0.717, 1.165) is 5.76 Å². The second kappa shape index (κ2) is 7.92. The fourth-order valence-corrected chi connectivity index (χ4v) is 1.86. The zero-order valence-electron chi connectivity index (χ0n) is 13.4. The number of rotatable bonds is 6. The summed E-state index contributed by atoms with van der Waals surface area (Å²) < 4.78 is 10.1. The van der Waals surface area contributed by atoms with Gasteiger partial charge < -0.3 is 14.5 Å². The highest BCUT2D eigenvalue weighted by Crippen LogP contribution is 2.10. The Labute approximate surface area is 139 Å². The molecule has 6 nitrogen and oxygen atoms in total. The summed E-state index contributed by atoms with van der Waals surface area (Å²) in [6, 6.07) is 9.92. The summed E-state index contributed by atoms with van der Waals surface area (Å²) in [6.07, 6.45) is 2.65. The van der Waals surface area contributed by atoms with Crippen molar-refractivity contribution in [3.05, 3.63) is 59.6 Å². The molecule has 2 rings (SSSR count). The number of hydrogen-bond donors (Lipinski definition) is 1. The molecule has 1 amide bonds. The molecule has 0 bridgehead atoms. The van der Waals surface area contributed by atoms with Crippen molar-refractivity contribution in [1.29, 1.82) is 0 Å². The van der Waals surface area contributed by atoms with Gasteiger partial charge in [-0.1, -0.05) is 0 Å². The molecule has 6 heteroatoms. The first-order chi connectivity index (χ1) is 11.4. The number of anilines is 1. The lowest BCUT2D eigenvalue weighted by molar-refractivity contribution is -0.142. The van der Waals surface area contributed by atoms with Gasteiger partial charge in [0, 0.05) is 17.3 Å². The summed E-state index contributed by atoms with van der Waals surface area (Å²) >= 11 is 0. The van der Waals surface area contributed by atoms with E-state index in [-0.39, 0.29) is 5.78 Å². The summed E-state index contributed by atoms with van der Waals surface area (Å²) in [7, 11) is 0. The van der Waals surface area contributed by atoms with Crippen LogP contribution in [0.1, 0.15) is 28.8 Å². The van der Waals surface area contributed by atoms with Crippen molar-refractivity contribution in [2.75, 3.05) is 11.9 Å². The van der Waals surface area contributed by atoms with Crippen molar-refractivity contribution in [1.82, 2.24) is 0 Å². The van der Waals surface area contributed by atoms with Crippen LogP contribution in [-0.2, 0) is 14.3 Å². The number of benzene rings is 1. The molecule has 0 aliphatic carbocycles. The fourth-order valence-electron chi connectivity index (χ4n) is 1.86. The molecule has 124 valence electrons. The van der Waals surface area contributed by atoms with E-state index in [0.29, 0.717) is 17.0 Å². The van der Waals surface area contributed by atoms with Crippen molar-refractivity contribution in [2.24, 2.45) is 0 Å². The Kier molecular flexibility index (Phi) is 5.68. The standard InChI is InChI=1S/C18H17NO5/c1-12-3-8-16(24-12)9-10-18(22)23-11-17(21)19-15-6-4-14(5-7-15)13(2)20/h3-10H,11H2,1-2H3,(H,19,21)/b10-9+. The molecule has 1 N–H and O–H groups in total. The van der Waals surface area contributed by atoms with Gasteiger partial charge in [-0.3, -0.25) is 9.59 Å². The molecule has 0 aliphatic heterocycles. The van der Waals surface area contributed by atoms with Gasteiger partial charge in [0.2, 0.25) is 0 Å². The van der Waals surface area contributed by atoms with Crippen molar-refractivity contribution in [2.45, 2.75) is 13.8 Å². The third kappa shape index (κ3) is 5.24. The molecule has 0 saturated carbocycles. The lowest BCUT2D eigenvalue weighted by atomic mass is 10.1. The number of ketones is 1. The lowest BCUT2D eigenvalue weighted by Gasteiger charge is -2.05. The average molecular weight is 327 g/mol. The van der Waals surface area contributed by atoms with Crippen molar-refractivity contribution in [3.63, 3.8) is 0 Å². The number of amides is 1. The largest absolute Gasteiger partial charge is 0.462 e. The molecular formula is C18H17NO5. The van der Waals surface area contributed by atoms with Gasteiger partial charge in [-0.2, -0.15) is 0 Å². The lowest BCUT2D eigenvalue weighted by Crippen LogP contribution is -2.20. The summed E-state index contributed by atoms with van der Waals surface area (Å²) in [4.78, 5) is 34.4. The third-order valence-electron chi connectivity index (χ3n) is 3.07. The van der Waals surface area contributed by atoms with Crippen LogP contribution in [0.25, 0.3) is 6.08 Å². The molecule has 24 heavy (non-hydrogen) atoms. The SMILES string of the molecule is CC(=O)c1ccc(NC(=O)COC(=O)/C=C/c2ccc(C)o2)cc1. The van der Waals surface area contributed by atoms with E-state index in [1.807, 2.05) is 0 Å². The van der Waals surface area contributed by atoms with Gasteiger partial charge in [-0.05, 0) is 56.3 Å². The first-order valence-corrected chi connectivity index (χ1v) is 7.26. The molecule has 1 heterocycles. The molecule has 0 atom stereocenters. The summed E-state index contributed by atoms with van der Waals surface area (Å²) in [5.41, 5.74) is 1.07. The minimum absolute atomic E-state index is 0.0552. The molecule has 0 fully saturated rings. The maximum atomic E-state index is 11.7. The van der Waals surface area contributed by atoms with Crippen LogP contribution < -0.4 is 5.32 Å². The van der Waals surface area contributed by atoms with Gasteiger partial charge in [0.05, 0.1) is 0 Å². The van der Waals surface area contributed by atoms with Crippen LogP contribution in [0.3, 0.4) is 0 Å². The second-order valence-electron chi connectivity index (χ2n) is 5.07. The van der Waals surface area contributed by atoms with Gasteiger partial charge in [0.15, 0.2) is 12.4 Å². The molecule has 0 aliphatic rings. The van der Waals surface area contributed by atoms with E-state index >= 15 is 0 Å². The quantitative estimate of drug-likeness (QED) is 0.501. The van der Waals surface area contributed by atoms with Crippen molar-refractivity contribution < 1.29 is 23.5 Å². The van der Waals surface area contributed by atoms with Gasteiger partial charge in [-0.25, -0.2) is 4.79 Å². The summed E-state index contributed by atoms with van der Waals surface area (Å²) in [5.74, 6) is 0.0882. The van der Waals surface area contributed by atoms with Crippen LogP contribution in [0.4, 0.5) is 5.69 Å². The predicted molar refractivity (Wildman–Crippen MR) is 88.5 cm³/mol. The van der Waals surface area contributed by atoms with Gasteiger partial charge >= 0.3 is 5.97 Å². The zero-order valence-corrected chi connectivity index (χ0v) is 13.4. The second-order valence-corrected chi connectivity index (χ2v) is 5.07. The van der Waals surface area contributed by atoms with Crippen molar-refractivity contribution >= 4 is 29.4 Å². The summed E-state index contributed by atoms with van der Waals surface area (Å²) in [6.45, 7) is 2.85. The molecule has 2 aromatic rings. The fraction of sp³-hybridized carbons (Fsp3) is 0.167. The average Bonchev–Trinajstić information content (AvgIpc) is 2.97. The number of furan rings is 1.